The Balaban J connectivity index is 4.25. The Morgan fingerprint density at radius 2 is 1.18 bits per heavy atom. The average Bonchev–Trinajstić information content (AvgIpc) is 2.90. The van der Waals surface area contributed by atoms with Crippen LogP contribution in [0.3, 0.4) is 0 Å². The molecule has 2 unspecified atom stereocenters. The molecule has 0 rings (SSSR count). The van der Waals surface area contributed by atoms with Gasteiger partial charge in [-0.15, -0.1) is 0 Å². The van der Waals surface area contributed by atoms with Crippen LogP contribution in [-0.4, -0.2) is 41.9 Å². The maximum absolute atomic E-state index is 12.3. The molecule has 0 radical (unpaired) electrons. The fourth-order valence-electron chi connectivity index (χ4n) is 3.60. The van der Waals surface area contributed by atoms with Gasteiger partial charge in [-0.05, 0) is 64.2 Å². The van der Waals surface area contributed by atoms with E-state index in [1.165, 1.54) is 6.08 Å². The van der Waals surface area contributed by atoms with Crippen molar-refractivity contribution in [1.29, 1.82) is 0 Å². The lowest BCUT2D eigenvalue weighted by molar-refractivity contribution is -0.122. The standard InChI is InChI=1S/C33H53NO5S/c1-3-5-7-9-11-13-14-15-16-17-18-19-20-21-23-25-27-29-33(36)34-31(30-40(37,38)39)32(35)28-26-24-22-12-10-8-6-4-2/h5,7,10-13,15-16,18-19,21,23,26,28,31-32,35H,3-4,6,8-9,14,17,20,22,24-25,27,29-30H2,1-2H3,(H,34,36)(H,37,38,39)/b7-5-,12-10+,13-11-,16-15-,19-18-,23-21-,28-26+. The Hall–Kier alpha value is -2.48. The number of aliphatic hydroxyl groups is 1. The van der Waals surface area contributed by atoms with Crippen molar-refractivity contribution in [2.24, 2.45) is 0 Å². The summed E-state index contributed by atoms with van der Waals surface area (Å²) in [5.41, 5.74) is 0. The highest BCUT2D eigenvalue weighted by molar-refractivity contribution is 7.85. The molecular weight excluding hydrogens is 522 g/mol. The maximum Gasteiger partial charge on any atom is 0.267 e. The van der Waals surface area contributed by atoms with Crippen molar-refractivity contribution >= 4 is 16.0 Å². The number of carbonyl (C=O) groups is 1. The van der Waals surface area contributed by atoms with E-state index < -0.39 is 28.0 Å². The van der Waals surface area contributed by atoms with Crippen LogP contribution >= 0.6 is 0 Å². The van der Waals surface area contributed by atoms with Crippen LogP contribution < -0.4 is 5.32 Å². The predicted octanol–water partition coefficient (Wildman–Crippen LogP) is 7.72. The summed E-state index contributed by atoms with van der Waals surface area (Å²) in [6.07, 6.45) is 38.7. The van der Waals surface area contributed by atoms with Gasteiger partial charge in [-0.25, -0.2) is 0 Å². The number of hydrogen-bond donors (Lipinski definition) is 3. The van der Waals surface area contributed by atoms with Gasteiger partial charge in [0.15, 0.2) is 0 Å². The highest BCUT2D eigenvalue weighted by atomic mass is 32.2. The number of amides is 1. The van der Waals surface area contributed by atoms with Crippen molar-refractivity contribution in [1.82, 2.24) is 5.32 Å². The molecule has 226 valence electrons. The van der Waals surface area contributed by atoms with Crippen molar-refractivity contribution in [2.75, 3.05) is 5.75 Å². The molecule has 0 saturated heterocycles. The van der Waals surface area contributed by atoms with E-state index in [1.807, 2.05) is 6.08 Å². The summed E-state index contributed by atoms with van der Waals surface area (Å²) in [5.74, 6) is -1.09. The molecule has 1 amide bonds. The van der Waals surface area contributed by atoms with Crippen molar-refractivity contribution in [2.45, 2.75) is 109 Å². The van der Waals surface area contributed by atoms with Gasteiger partial charge in [-0.3, -0.25) is 9.35 Å². The van der Waals surface area contributed by atoms with Crippen molar-refractivity contribution < 1.29 is 22.9 Å². The molecule has 0 aromatic rings. The maximum atomic E-state index is 12.3. The van der Waals surface area contributed by atoms with E-state index in [4.69, 9.17) is 0 Å². The molecule has 0 aliphatic heterocycles. The van der Waals surface area contributed by atoms with Gasteiger partial charge in [0.25, 0.3) is 10.1 Å². The summed E-state index contributed by atoms with van der Waals surface area (Å²) in [5, 5.41) is 13.0. The third-order valence-electron chi connectivity index (χ3n) is 5.81. The largest absolute Gasteiger partial charge is 0.387 e. The predicted molar refractivity (Wildman–Crippen MR) is 170 cm³/mol. The summed E-state index contributed by atoms with van der Waals surface area (Å²) in [4.78, 5) is 12.3. The SMILES string of the molecule is CC/C=C\C/C=C\C/C=C\C/C=C\C/C=C\CCCC(=O)NC(CS(=O)(=O)O)C(O)/C=C/CC/C=C/CCCC. The first kappa shape index (κ1) is 37.5. The fraction of sp³-hybridized carbons (Fsp3) is 0.545. The van der Waals surface area contributed by atoms with Crippen LogP contribution in [0.5, 0.6) is 0 Å². The van der Waals surface area contributed by atoms with Gasteiger partial charge in [-0.2, -0.15) is 8.42 Å². The summed E-state index contributed by atoms with van der Waals surface area (Å²) in [6.45, 7) is 4.28. The normalized spacial score (nSPS) is 14.8. The number of rotatable bonds is 24. The van der Waals surface area contributed by atoms with Crippen LogP contribution in [0.1, 0.15) is 97.3 Å². The smallest absolute Gasteiger partial charge is 0.267 e. The van der Waals surface area contributed by atoms with Gasteiger partial charge < -0.3 is 10.4 Å². The summed E-state index contributed by atoms with van der Waals surface area (Å²) in [6, 6.07) is -1.10. The first-order valence-electron chi connectivity index (χ1n) is 14.8. The average molecular weight is 576 g/mol. The van der Waals surface area contributed by atoms with Crippen LogP contribution in [0.2, 0.25) is 0 Å². The number of hydrogen-bond acceptors (Lipinski definition) is 4. The molecule has 0 saturated carbocycles. The number of carbonyl (C=O) groups excluding carboxylic acids is 1. The van der Waals surface area contributed by atoms with Crippen molar-refractivity contribution in [3.63, 3.8) is 0 Å². The van der Waals surface area contributed by atoms with Crippen LogP contribution in [0, 0.1) is 0 Å². The lowest BCUT2D eigenvalue weighted by atomic mass is 10.1. The topological polar surface area (TPSA) is 104 Å². The molecule has 0 fully saturated rings. The monoisotopic (exact) mass is 575 g/mol. The van der Waals surface area contributed by atoms with Crippen molar-refractivity contribution in [3.05, 3.63) is 85.1 Å². The van der Waals surface area contributed by atoms with Crippen LogP contribution in [0.4, 0.5) is 0 Å². The zero-order valence-electron chi connectivity index (χ0n) is 24.7. The second-order valence-corrected chi connectivity index (χ2v) is 11.1. The zero-order valence-corrected chi connectivity index (χ0v) is 25.5. The molecule has 40 heavy (non-hydrogen) atoms. The van der Waals surface area contributed by atoms with E-state index in [1.54, 1.807) is 6.08 Å². The molecule has 0 heterocycles. The number of aliphatic hydroxyl groups excluding tert-OH is 1. The lowest BCUT2D eigenvalue weighted by Crippen LogP contribution is -2.46. The van der Waals surface area contributed by atoms with Gasteiger partial charge in [0, 0.05) is 6.42 Å². The summed E-state index contributed by atoms with van der Waals surface area (Å²) < 4.78 is 32.0. The van der Waals surface area contributed by atoms with Gasteiger partial charge in [-0.1, -0.05) is 112 Å². The molecule has 0 aromatic heterocycles. The Kier molecular flexibility index (Phi) is 25.1. The molecular formula is C33H53NO5S. The molecule has 7 heteroatoms. The molecule has 3 N–H and O–H groups in total. The number of unbranched alkanes of at least 4 members (excludes halogenated alkanes) is 4. The molecule has 0 bridgehead atoms. The zero-order chi connectivity index (χ0) is 29.7. The van der Waals surface area contributed by atoms with E-state index in [0.717, 1.165) is 64.2 Å². The Labute approximate surface area is 244 Å². The third kappa shape index (κ3) is 27.1. The second kappa shape index (κ2) is 26.7. The minimum Gasteiger partial charge on any atom is -0.387 e. The minimum absolute atomic E-state index is 0.204. The highest BCUT2D eigenvalue weighted by Crippen LogP contribution is 2.06. The molecule has 0 spiro atoms. The summed E-state index contributed by atoms with van der Waals surface area (Å²) >= 11 is 0. The number of nitrogens with one attached hydrogen (secondary N) is 1. The Bertz CT molecular complexity index is 942. The van der Waals surface area contributed by atoms with Gasteiger partial charge in [0.2, 0.25) is 5.91 Å². The second-order valence-electron chi connectivity index (χ2n) is 9.63. The van der Waals surface area contributed by atoms with Crippen LogP contribution in [0.25, 0.3) is 0 Å². The lowest BCUT2D eigenvalue weighted by Gasteiger charge is -2.21. The quantitative estimate of drug-likeness (QED) is 0.0621. The first-order valence-corrected chi connectivity index (χ1v) is 16.4. The first-order chi connectivity index (χ1) is 19.3. The van der Waals surface area contributed by atoms with E-state index in [-0.39, 0.29) is 12.3 Å². The van der Waals surface area contributed by atoms with E-state index in [9.17, 15) is 22.9 Å². The van der Waals surface area contributed by atoms with E-state index in [2.05, 4.69) is 86.0 Å². The van der Waals surface area contributed by atoms with Gasteiger partial charge in [0.05, 0.1) is 17.9 Å². The molecule has 2 atom stereocenters. The number of allylic oxidation sites excluding steroid dienone is 13. The van der Waals surface area contributed by atoms with Crippen LogP contribution in [0.15, 0.2) is 85.1 Å². The highest BCUT2D eigenvalue weighted by Gasteiger charge is 2.24. The molecule has 0 aliphatic rings. The third-order valence-corrected chi connectivity index (χ3v) is 6.59. The van der Waals surface area contributed by atoms with E-state index in [0.29, 0.717) is 12.8 Å². The van der Waals surface area contributed by atoms with Crippen molar-refractivity contribution in [3.8, 4) is 0 Å². The fourth-order valence-corrected chi connectivity index (χ4v) is 4.33. The Morgan fingerprint density at radius 1 is 0.700 bits per heavy atom. The minimum atomic E-state index is -4.36. The van der Waals surface area contributed by atoms with E-state index >= 15 is 0 Å². The summed E-state index contributed by atoms with van der Waals surface area (Å²) in [7, 11) is -4.36. The van der Waals surface area contributed by atoms with Gasteiger partial charge in [0.1, 0.15) is 0 Å². The molecule has 6 nitrogen and oxygen atoms in total. The molecule has 0 aromatic carbocycles. The van der Waals surface area contributed by atoms with Crippen LogP contribution in [-0.2, 0) is 14.9 Å². The Morgan fingerprint density at radius 3 is 1.73 bits per heavy atom. The van der Waals surface area contributed by atoms with Gasteiger partial charge >= 0.3 is 0 Å². The molecule has 0 aliphatic carbocycles.